The summed E-state index contributed by atoms with van der Waals surface area (Å²) in [5.41, 5.74) is 0. The summed E-state index contributed by atoms with van der Waals surface area (Å²) in [6.07, 6.45) is 13.9. The molecule has 0 aromatic carbocycles. The molecule has 0 saturated carbocycles. The molecule has 1 heteroatoms. The van der Waals surface area contributed by atoms with E-state index in [1.807, 2.05) is 12.1 Å². The van der Waals surface area contributed by atoms with E-state index in [0.29, 0.717) is 0 Å². The van der Waals surface area contributed by atoms with E-state index < -0.39 is 0 Å². The molecule has 0 aliphatic rings. The first-order valence-corrected chi connectivity index (χ1v) is 1.87. The maximum atomic E-state index is 4.64. The standard InChI is InChI=1S/C4H3N.C3H4/c1-3-5-4-2;1-3-2/h1-2,5H;1H,2H3. The van der Waals surface area contributed by atoms with Gasteiger partial charge in [-0.2, -0.15) is 0 Å². The molecule has 0 saturated heterocycles. The topological polar surface area (TPSA) is 12.0 Å². The van der Waals surface area contributed by atoms with Gasteiger partial charge in [-0.3, -0.25) is 5.32 Å². The fourth-order valence-corrected chi connectivity index (χ4v) is 0.0417. The zero-order valence-electron chi connectivity index (χ0n) is 4.73. The quantitative estimate of drug-likeness (QED) is 0.347. The first-order valence-electron chi connectivity index (χ1n) is 1.87. The Balaban J connectivity index is 0. The van der Waals surface area contributed by atoms with Gasteiger partial charge < -0.3 is 0 Å². The first-order chi connectivity index (χ1) is 3.83. The molecule has 0 unspecified atom stereocenters. The first kappa shape index (κ1) is 9.70. The Morgan fingerprint density at radius 1 is 1.12 bits per heavy atom. The second kappa shape index (κ2) is 17.9. The maximum absolute atomic E-state index is 4.64. The van der Waals surface area contributed by atoms with Crippen LogP contribution in [0.1, 0.15) is 6.92 Å². The minimum atomic E-state index is 1.65. The Morgan fingerprint density at radius 2 is 1.38 bits per heavy atom. The van der Waals surface area contributed by atoms with Gasteiger partial charge in [0, 0.05) is 12.1 Å². The second-order valence-electron chi connectivity index (χ2n) is 0.702. The molecule has 0 spiro atoms. The molecule has 0 rings (SSSR count). The van der Waals surface area contributed by atoms with Gasteiger partial charge in [0.2, 0.25) is 0 Å². The van der Waals surface area contributed by atoms with Crippen LogP contribution in [0.5, 0.6) is 0 Å². The van der Waals surface area contributed by atoms with E-state index in [4.69, 9.17) is 0 Å². The Morgan fingerprint density at radius 3 is 1.38 bits per heavy atom. The van der Waals surface area contributed by atoms with Gasteiger partial charge in [-0.15, -0.1) is 12.3 Å². The van der Waals surface area contributed by atoms with E-state index in [1.165, 1.54) is 0 Å². The van der Waals surface area contributed by atoms with E-state index in [-0.39, 0.29) is 0 Å². The monoisotopic (exact) mass is 105 g/mol. The van der Waals surface area contributed by atoms with Crippen molar-refractivity contribution in [2.75, 3.05) is 0 Å². The Kier molecular flexibility index (Phi) is 21.7. The highest BCUT2D eigenvalue weighted by Crippen LogP contribution is 1.27. The van der Waals surface area contributed by atoms with Gasteiger partial charge in [0.25, 0.3) is 0 Å². The predicted molar refractivity (Wildman–Crippen MR) is 35.3 cm³/mol. The highest BCUT2D eigenvalue weighted by atomic mass is 14.8. The van der Waals surface area contributed by atoms with Crippen molar-refractivity contribution in [3.05, 3.63) is 0 Å². The molecule has 1 N–H and O–H groups in total. The fraction of sp³-hybridized carbons (Fsp3) is 0.143. The molecule has 0 bridgehead atoms. The number of nitrogens with one attached hydrogen (secondary N) is 1. The van der Waals surface area contributed by atoms with E-state index in [9.17, 15) is 0 Å². The number of hydrogen-bond donors (Lipinski definition) is 1. The molecule has 8 heavy (non-hydrogen) atoms. The molecule has 0 heterocycles. The highest BCUT2D eigenvalue weighted by Gasteiger charge is 1.42. The van der Waals surface area contributed by atoms with Gasteiger partial charge >= 0.3 is 0 Å². The number of rotatable bonds is 0. The average molecular weight is 105 g/mol. The summed E-state index contributed by atoms with van der Waals surface area (Å²) in [6.45, 7) is 1.65. The van der Waals surface area contributed by atoms with Gasteiger partial charge in [-0.1, -0.05) is 12.8 Å². The largest absolute Gasteiger partial charge is 0.274 e. The second-order valence-corrected chi connectivity index (χ2v) is 0.702. The number of hydrogen-bond acceptors (Lipinski definition) is 1. The summed E-state index contributed by atoms with van der Waals surface area (Å²) in [5, 5.41) is 2.17. The van der Waals surface area contributed by atoms with Crippen molar-refractivity contribution in [2.45, 2.75) is 6.92 Å². The molecule has 0 aliphatic carbocycles. The third-order valence-corrected chi connectivity index (χ3v) is 0.144. The van der Waals surface area contributed by atoms with Crippen LogP contribution in [-0.2, 0) is 0 Å². The molecule has 0 aliphatic heterocycles. The van der Waals surface area contributed by atoms with Crippen molar-refractivity contribution < 1.29 is 0 Å². The highest BCUT2D eigenvalue weighted by molar-refractivity contribution is 4.93. The summed E-state index contributed by atoms with van der Waals surface area (Å²) in [4.78, 5) is 0. The van der Waals surface area contributed by atoms with Crippen LogP contribution in [0.2, 0.25) is 0 Å². The van der Waals surface area contributed by atoms with E-state index in [1.54, 1.807) is 6.92 Å². The lowest BCUT2D eigenvalue weighted by Crippen LogP contribution is -1.88. The molecule has 0 aromatic rings. The third-order valence-electron chi connectivity index (χ3n) is 0.144. The Hall–Kier alpha value is -1.52. The van der Waals surface area contributed by atoms with Crippen LogP contribution in [0.25, 0.3) is 0 Å². The predicted octanol–water partition coefficient (Wildman–Crippen LogP) is 0.397. The lowest BCUT2D eigenvalue weighted by molar-refractivity contribution is 1.34. The van der Waals surface area contributed by atoms with Crippen LogP contribution in [0.15, 0.2) is 0 Å². The van der Waals surface area contributed by atoms with Gasteiger partial charge in [0.05, 0.1) is 0 Å². The third kappa shape index (κ3) is 235. The van der Waals surface area contributed by atoms with Crippen LogP contribution >= 0.6 is 0 Å². The van der Waals surface area contributed by atoms with Crippen molar-refractivity contribution in [1.29, 1.82) is 0 Å². The Labute approximate surface area is 50.5 Å². The average Bonchev–Trinajstić information content (AvgIpc) is 1.71. The molecule has 0 atom stereocenters. The van der Waals surface area contributed by atoms with Crippen molar-refractivity contribution in [2.24, 2.45) is 0 Å². The van der Waals surface area contributed by atoms with Crippen LogP contribution in [0, 0.1) is 37.3 Å². The Bertz CT molecular complexity index is 125. The smallest absolute Gasteiger partial charge is 0.0136 e. The fourth-order valence-electron chi connectivity index (χ4n) is 0.0417. The summed E-state index contributed by atoms with van der Waals surface area (Å²) in [7, 11) is 0. The van der Waals surface area contributed by atoms with Crippen LogP contribution in [0.3, 0.4) is 0 Å². The summed E-state index contributed by atoms with van der Waals surface area (Å²) in [5.74, 6) is 2.25. The lowest BCUT2D eigenvalue weighted by atomic mass is 10.9. The molecule has 0 amide bonds. The molecule has 0 radical (unpaired) electrons. The molecular formula is C7H7N. The van der Waals surface area contributed by atoms with E-state index in [2.05, 4.69) is 30.5 Å². The van der Waals surface area contributed by atoms with E-state index in [0.717, 1.165) is 0 Å². The van der Waals surface area contributed by atoms with E-state index >= 15 is 0 Å². The minimum Gasteiger partial charge on any atom is -0.274 e. The molecule has 0 aromatic heterocycles. The zero-order valence-corrected chi connectivity index (χ0v) is 4.73. The minimum absolute atomic E-state index is 1.65. The van der Waals surface area contributed by atoms with Crippen LogP contribution in [0.4, 0.5) is 0 Å². The van der Waals surface area contributed by atoms with Crippen molar-refractivity contribution >= 4 is 0 Å². The van der Waals surface area contributed by atoms with Gasteiger partial charge in [-0.05, 0) is 6.92 Å². The normalized spacial score (nSPS) is 3.25. The van der Waals surface area contributed by atoms with Crippen molar-refractivity contribution in [3.63, 3.8) is 0 Å². The molecule has 40 valence electrons. The van der Waals surface area contributed by atoms with Gasteiger partial charge in [0.15, 0.2) is 0 Å². The number of terminal acetylenes is 3. The zero-order chi connectivity index (χ0) is 6.83. The maximum Gasteiger partial charge on any atom is 0.0136 e. The summed E-state index contributed by atoms with van der Waals surface area (Å²) < 4.78 is 0. The van der Waals surface area contributed by atoms with Crippen molar-refractivity contribution in [1.82, 2.24) is 5.32 Å². The van der Waals surface area contributed by atoms with Crippen LogP contribution < -0.4 is 5.32 Å². The molecule has 0 fully saturated rings. The van der Waals surface area contributed by atoms with Crippen LogP contribution in [-0.4, -0.2) is 0 Å². The molecular weight excluding hydrogens is 98.1 g/mol. The SMILES string of the molecule is C#CC.C#CNC#C. The van der Waals surface area contributed by atoms with Crippen molar-refractivity contribution in [3.8, 4) is 37.3 Å². The summed E-state index contributed by atoms with van der Waals surface area (Å²) >= 11 is 0. The van der Waals surface area contributed by atoms with Gasteiger partial charge in [-0.25, -0.2) is 0 Å². The summed E-state index contributed by atoms with van der Waals surface area (Å²) in [6, 6.07) is 4.06. The lowest BCUT2D eigenvalue weighted by Gasteiger charge is -1.65. The van der Waals surface area contributed by atoms with Gasteiger partial charge in [0.1, 0.15) is 0 Å². The molecule has 1 nitrogen and oxygen atoms in total.